The molecular formula is C20H18ClN3O4S. The molecule has 1 amide bonds. The summed E-state index contributed by atoms with van der Waals surface area (Å²) < 4.78 is 27.4. The molecule has 7 nitrogen and oxygen atoms in total. The van der Waals surface area contributed by atoms with Gasteiger partial charge in [-0.3, -0.25) is 19.7 Å². The first-order chi connectivity index (χ1) is 13.9. The second-order valence-electron chi connectivity index (χ2n) is 6.35. The van der Waals surface area contributed by atoms with Crippen LogP contribution in [0.15, 0.2) is 67.0 Å². The monoisotopic (exact) mass is 431 g/mol. The van der Waals surface area contributed by atoms with E-state index in [1.54, 1.807) is 30.6 Å². The molecule has 0 saturated carbocycles. The van der Waals surface area contributed by atoms with Gasteiger partial charge in [0.05, 0.1) is 16.5 Å². The predicted molar refractivity (Wildman–Crippen MR) is 110 cm³/mol. The smallest absolute Gasteiger partial charge is 0.274 e. The van der Waals surface area contributed by atoms with Gasteiger partial charge in [0, 0.05) is 18.0 Å². The van der Waals surface area contributed by atoms with Gasteiger partial charge in [0.1, 0.15) is 0 Å². The van der Waals surface area contributed by atoms with Gasteiger partial charge < -0.3 is 0 Å². The molecule has 150 valence electrons. The quantitative estimate of drug-likeness (QED) is 0.392. The number of hydrogen-bond acceptors (Lipinski definition) is 5. The van der Waals surface area contributed by atoms with Crippen LogP contribution in [0.25, 0.3) is 0 Å². The van der Waals surface area contributed by atoms with Gasteiger partial charge >= 0.3 is 0 Å². The lowest BCUT2D eigenvalue weighted by Gasteiger charge is -2.11. The molecule has 0 aliphatic carbocycles. The number of hydroxylamine groups is 1. The Morgan fingerprint density at radius 1 is 1.03 bits per heavy atom. The molecule has 3 N–H and O–H groups in total. The highest BCUT2D eigenvalue weighted by atomic mass is 35.5. The van der Waals surface area contributed by atoms with Crippen LogP contribution in [0.2, 0.25) is 5.02 Å². The van der Waals surface area contributed by atoms with E-state index in [-0.39, 0.29) is 17.0 Å². The molecule has 2 aromatic carbocycles. The summed E-state index contributed by atoms with van der Waals surface area (Å²) in [6.45, 7) is 0. The first kappa shape index (κ1) is 20.8. The van der Waals surface area contributed by atoms with E-state index in [0.717, 1.165) is 11.1 Å². The van der Waals surface area contributed by atoms with Crippen LogP contribution in [0.5, 0.6) is 0 Å². The topological polar surface area (TPSA) is 108 Å². The van der Waals surface area contributed by atoms with Crippen molar-refractivity contribution in [3.63, 3.8) is 0 Å². The van der Waals surface area contributed by atoms with E-state index >= 15 is 0 Å². The maximum Gasteiger partial charge on any atom is 0.274 e. The summed E-state index contributed by atoms with van der Waals surface area (Å²) in [6, 6.07) is 14.8. The lowest BCUT2D eigenvalue weighted by atomic mass is 10.1. The second-order valence-corrected chi connectivity index (χ2v) is 8.48. The van der Waals surface area contributed by atoms with Gasteiger partial charge in [0.25, 0.3) is 5.91 Å². The van der Waals surface area contributed by atoms with Crippen molar-refractivity contribution in [2.45, 2.75) is 12.2 Å². The lowest BCUT2D eigenvalue weighted by molar-refractivity contribution is 0.0706. The molecule has 0 saturated heterocycles. The molecule has 1 aromatic heterocycles. The van der Waals surface area contributed by atoms with Crippen LogP contribution < -0.4 is 10.2 Å². The maximum atomic E-state index is 12.5. The zero-order chi connectivity index (χ0) is 20.9. The number of aromatic nitrogens is 1. The van der Waals surface area contributed by atoms with Gasteiger partial charge in [-0.15, -0.1) is 0 Å². The van der Waals surface area contributed by atoms with Gasteiger partial charge in [-0.1, -0.05) is 35.9 Å². The molecule has 3 aromatic rings. The minimum Gasteiger partial charge on any atom is -0.288 e. The molecule has 0 spiro atoms. The van der Waals surface area contributed by atoms with E-state index in [1.807, 2.05) is 12.1 Å². The third-order valence-corrected chi connectivity index (χ3v) is 5.66. The van der Waals surface area contributed by atoms with Gasteiger partial charge in [0.15, 0.2) is 0 Å². The average Bonchev–Trinajstić information content (AvgIpc) is 2.70. The van der Waals surface area contributed by atoms with Crippen molar-refractivity contribution in [1.82, 2.24) is 10.5 Å². The molecule has 0 atom stereocenters. The van der Waals surface area contributed by atoms with E-state index < -0.39 is 15.9 Å². The summed E-state index contributed by atoms with van der Waals surface area (Å²) >= 11 is 6.27. The summed E-state index contributed by atoms with van der Waals surface area (Å²) in [4.78, 5) is 15.4. The molecule has 0 fully saturated rings. The Hall–Kier alpha value is -2.94. The number of nitrogens with one attached hydrogen (secondary N) is 2. The zero-order valence-electron chi connectivity index (χ0n) is 15.2. The number of hydrogen-bond donors (Lipinski definition) is 3. The number of anilines is 1. The van der Waals surface area contributed by atoms with Gasteiger partial charge in [-0.25, -0.2) is 13.9 Å². The minimum atomic E-state index is -3.71. The highest BCUT2D eigenvalue weighted by Crippen LogP contribution is 2.26. The Kier molecular flexibility index (Phi) is 6.48. The van der Waals surface area contributed by atoms with Crippen LogP contribution in [0.1, 0.15) is 27.0 Å². The SMILES string of the molecule is O=C(NO)c1ccc(CS(=O)(=O)Nc2ccc(Cc3cccnc3)cc2Cl)cc1. The number of rotatable bonds is 7. The van der Waals surface area contributed by atoms with Gasteiger partial charge in [-0.05, 0) is 53.4 Å². The van der Waals surface area contributed by atoms with E-state index in [2.05, 4.69) is 9.71 Å². The van der Waals surface area contributed by atoms with E-state index in [9.17, 15) is 13.2 Å². The molecule has 29 heavy (non-hydrogen) atoms. The lowest BCUT2D eigenvalue weighted by Crippen LogP contribution is -2.19. The van der Waals surface area contributed by atoms with Crippen molar-refractivity contribution in [1.29, 1.82) is 0 Å². The van der Waals surface area contributed by atoms with Crippen molar-refractivity contribution in [2.24, 2.45) is 0 Å². The van der Waals surface area contributed by atoms with Crippen LogP contribution in [0.4, 0.5) is 5.69 Å². The Labute approximate surface area is 173 Å². The number of halogens is 1. The number of amides is 1. The molecule has 9 heteroatoms. The number of benzene rings is 2. The number of sulfonamides is 1. The summed E-state index contributed by atoms with van der Waals surface area (Å²) in [5, 5.41) is 8.91. The van der Waals surface area contributed by atoms with Crippen LogP contribution in [0, 0.1) is 0 Å². The van der Waals surface area contributed by atoms with Crippen LogP contribution in [-0.2, 0) is 22.2 Å². The Morgan fingerprint density at radius 3 is 2.38 bits per heavy atom. The predicted octanol–water partition coefficient (Wildman–Crippen LogP) is 3.39. The normalized spacial score (nSPS) is 11.1. The molecule has 1 heterocycles. The van der Waals surface area contributed by atoms with Crippen molar-refractivity contribution < 1.29 is 18.4 Å². The maximum absolute atomic E-state index is 12.5. The largest absolute Gasteiger partial charge is 0.288 e. The van der Waals surface area contributed by atoms with Crippen LogP contribution in [-0.4, -0.2) is 24.5 Å². The standard InChI is InChI=1S/C20H18ClN3O4S/c21-18-11-15(10-16-2-1-9-22-12-16)5-8-19(18)24-29(27,28)13-14-3-6-17(7-4-14)20(25)23-26/h1-9,11-12,24,26H,10,13H2,(H,23,25). The number of nitrogens with zero attached hydrogens (tertiary/aromatic N) is 1. The molecule has 0 radical (unpaired) electrons. The molecule has 3 rings (SSSR count). The fourth-order valence-corrected chi connectivity index (χ4v) is 4.25. The first-order valence-corrected chi connectivity index (χ1v) is 10.6. The molecule has 0 bridgehead atoms. The minimum absolute atomic E-state index is 0.217. The van der Waals surface area contributed by atoms with Crippen molar-refractivity contribution >= 4 is 33.2 Å². The fourth-order valence-electron chi connectivity index (χ4n) is 2.73. The number of carbonyl (C=O) groups is 1. The number of pyridine rings is 1. The van der Waals surface area contributed by atoms with E-state index in [1.165, 1.54) is 29.7 Å². The van der Waals surface area contributed by atoms with E-state index in [4.69, 9.17) is 16.8 Å². The van der Waals surface area contributed by atoms with E-state index in [0.29, 0.717) is 17.0 Å². The molecule has 0 aliphatic rings. The summed E-state index contributed by atoms with van der Waals surface area (Å²) in [5.41, 5.74) is 4.47. The Bertz CT molecular complexity index is 1100. The zero-order valence-corrected chi connectivity index (χ0v) is 16.7. The van der Waals surface area contributed by atoms with Gasteiger partial charge in [-0.2, -0.15) is 0 Å². The summed E-state index contributed by atoms with van der Waals surface area (Å²) in [7, 11) is -3.71. The third-order valence-electron chi connectivity index (χ3n) is 4.10. The summed E-state index contributed by atoms with van der Waals surface area (Å²) in [5.74, 6) is -0.961. The Balaban J connectivity index is 1.69. The molecule has 0 aliphatic heterocycles. The van der Waals surface area contributed by atoms with Crippen molar-refractivity contribution in [2.75, 3.05) is 4.72 Å². The van der Waals surface area contributed by atoms with Crippen molar-refractivity contribution in [3.8, 4) is 0 Å². The third kappa shape index (κ3) is 5.77. The summed E-state index contributed by atoms with van der Waals surface area (Å²) in [6.07, 6.45) is 4.09. The molecular weight excluding hydrogens is 414 g/mol. The number of carbonyl (C=O) groups excluding carboxylic acids is 1. The first-order valence-electron chi connectivity index (χ1n) is 8.57. The molecule has 0 unspecified atom stereocenters. The van der Waals surface area contributed by atoms with Gasteiger partial charge in [0.2, 0.25) is 10.0 Å². The van der Waals surface area contributed by atoms with Crippen LogP contribution >= 0.6 is 11.6 Å². The highest BCUT2D eigenvalue weighted by molar-refractivity contribution is 7.91. The average molecular weight is 432 g/mol. The highest BCUT2D eigenvalue weighted by Gasteiger charge is 2.15. The van der Waals surface area contributed by atoms with Crippen LogP contribution in [0.3, 0.4) is 0 Å². The Morgan fingerprint density at radius 2 is 1.76 bits per heavy atom. The second kappa shape index (κ2) is 9.04. The van der Waals surface area contributed by atoms with Crippen molar-refractivity contribution in [3.05, 3.63) is 94.3 Å². The fraction of sp³-hybridized carbons (Fsp3) is 0.100.